The summed E-state index contributed by atoms with van der Waals surface area (Å²) in [6, 6.07) is 2.72. The molecule has 0 atom stereocenters. The normalized spacial score (nSPS) is 15.3. The summed E-state index contributed by atoms with van der Waals surface area (Å²) >= 11 is 0. The predicted octanol–water partition coefficient (Wildman–Crippen LogP) is 2.73. The summed E-state index contributed by atoms with van der Waals surface area (Å²) in [6.07, 6.45) is 5.92. The molecule has 23 heavy (non-hydrogen) atoms. The van der Waals surface area contributed by atoms with Crippen molar-refractivity contribution in [3.8, 4) is 0 Å². The third kappa shape index (κ3) is 5.01. The van der Waals surface area contributed by atoms with E-state index in [1.54, 1.807) is 11.9 Å². The molecule has 0 radical (unpaired) electrons. The van der Waals surface area contributed by atoms with E-state index in [9.17, 15) is 18.4 Å². The van der Waals surface area contributed by atoms with Crippen molar-refractivity contribution >= 4 is 11.8 Å². The number of carbonyl (C=O) groups is 2. The lowest BCUT2D eigenvalue weighted by atomic mass is 9.89. The molecule has 0 saturated heterocycles. The van der Waals surface area contributed by atoms with Gasteiger partial charge < -0.3 is 10.2 Å². The fourth-order valence-electron chi connectivity index (χ4n) is 2.92. The first-order valence-electron chi connectivity index (χ1n) is 7.94. The lowest BCUT2D eigenvalue weighted by molar-refractivity contribution is -0.129. The topological polar surface area (TPSA) is 49.4 Å². The van der Waals surface area contributed by atoms with Gasteiger partial charge in [-0.15, -0.1) is 0 Å². The van der Waals surface area contributed by atoms with Crippen LogP contribution in [0, 0.1) is 17.6 Å². The summed E-state index contributed by atoms with van der Waals surface area (Å²) in [7, 11) is 1.71. The van der Waals surface area contributed by atoms with Gasteiger partial charge in [0.25, 0.3) is 5.91 Å². The van der Waals surface area contributed by atoms with E-state index < -0.39 is 17.5 Å². The Labute approximate surface area is 134 Å². The van der Waals surface area contributed by atoms with Crippen LogP contribution in [0.2, 0.25) is 0 Å². The second-order valence-corrected chi connectivity index (χ2v) is 6.09. The fourth-order valence-corrected chi connectivity index (χ4v) is 2.92. The largest absolute Gasteiger partial charge is 0.344 e. The minimum Gasteiger partial charge on any atom is -0.344 e. The third-order valence-electron chi connectivity index (χ3n) is 4.26. The van der Waals surface area contributed by atoms with Crippen molar-refractivity contribution < 1.29 is 18.4 Å². The average molecular weight is 324 g/mol. The van der Waals surface area contributed by atoms with E-state index in [4.69, 9.17) is 0 Å². The molecule has 126 valence electrons. The highest BCUT2D eigenvalue weighted by atomic mass is 19.1. The molecule has 0 aliphatic heterocycles. The van der Waals surface area contributed by atoms with E-state index in [-0.39, 0.29) is 18.0 Å². The van der Waals surface area contributed by atoms with Gasteiger partial charge in [0, 0.05) is 19.7 Å². The van der Waals surface area contributed by atoms with E-state index in [0.29, 0.717) is 18.5 Å². The summed E-state index contributed by atoms with van der Waals surface area (Å²) in [5.41, 5.74) is -0.269. The summed E-state index contributed by atoms with van der Waals surface area (Å²) in [6.45, 7) is 0.485. The molecule has 0 spiro atoms. The number of likely N-dealkylation sites (N-methyl/N-ethyl adjacent to an activating group) is 1. The van der Waals surface area contributed by atoms with Crippen molar-refractivity contribution in [1.29, 1.82) is 0 Å². The van der Waals surface area contributed by atoms with Crippen LogP contribution < -0.4 is 5.32 Å². The van der Waals surface area contributed by atoms with Crippen LogP contribution in [0.5, 0.6) is 0 Å². The molecular formula is C17H22F2N2O2. The van der Waals surface area contributed by atoms with E-state index in [2.05, 4.69) is 5.32 Å². The van der Waals surface area contributed by atoms with Crippen LogP contribution in [0.4, 0.5) is 8.78 Å². The second kappa shape index (κ2) is 8.04. The minimum atomic E-state index is -0.939. The van der Waals surface area contributed by atoms with Gasteiger partial charge >= 0.3 is 0 Å². The van der Waals surface area contributed by atoms with Crippen molar-refractivity contribution in [2.24, 2.45) is 5.92 Å². The molecule has 0 heterocycles. The lowest BCUT2D eigenvalue weighted by Gasteiger charge is -2.27. The van der Waals surface area contributed by atoms with Crippen LogP contribution in [0.25, 0.3) is 0 Å². The van der Waals surface area contributed by atoms with Crippen molar-refractivity contribution in [3.05, 3.63) is 35.4 Å². The molecule has 1 N–H and O–H groups in total. The number of carbonyl (C=O) groups excluding carboxylic acids is 2. The number of hydrogen-bond acceptors (Lipinski definition) is 2. The standard InChI is InChI=1S/C17H22F2N2O2/c1-21(11-12-5-3-2-4-6-12)16(22)10-20-17(23)14-8-7-13(18)9-15(14)19/h7-9,12H,2-6,10-11H2,1H3,(H,20,23). The highest BCUT2D eigenvalue weighted by Crippen LogP contribution is 2.24. The molecule has 1 aliphatic carbocycles. The molecule has 0 bridgehead atoms. The number of nitrogens with one attached hydrogen (secondary N) is 1. The Balaban J connectivity index is 1.81. The van der Waals surface area contributed by atoms with E-state index in [0.717, 1.165) is 25.0 Å². The van der Waals surface area contributed by atoms with Gasteiger partial charge in [-0.2, -0.15) is 0 Å². The molecule has 0 unspecified atom stereocenters. The van der Waals surface area contributed by atoms with Crippen molar-refractivity contribution in [3.63, 3.8) is 0 Å². The molecule has 4 nitrogen and oxygen atoms in total. The summed E-state index contributed by atoms with van der Waals surface area (Å²) in [5.74, 6) is -2.11. The smallest absolute Gasteiger partial charge is 0.254 e. The van der Waals surface area contributed by atoms with Crippen LogP contribution in [0.3, 0.4) is 0 Å². The number of hydrogen-bond donors (Lipinski definition) is 1. The molecule has 6 heteroatoms. The Morgan fingerprint density at radius 1 is 1.22 bits per heavy atom. The van der Waals surface area contributed by atoms with Crippen molar-refractivity contribution in [2.45, 2.75) is 32.1 Å². The van der Waals surface area contributed by atoms with E-state index >= 15 is 0 Å². The molecule has 1 aromatic carbocycles. The molecular weight excluding hydrogens is 302 g/mol. The van der Waals surface area contributed by atoms with Gasteiger partial charge in [0.05, 0.1) is 12.1 Å². The van der Waals surface area contributed by atoms with Crippen LogP contribution in [-0.4, -0.2) is 36.9 Å². The molecule has 0 aromatic heterocycles. The van der Waals surface area contributed by atoms with Crippen LogP contribution in [0.1, 0.15) is 42.5 Å². The first kappa shape index (κ1) is 17.4. The monoisotopic (exact) mass is 324 g/mol. The molecule has 1 aliphatic rings. The van der Waals surface area contributed by atoms with Crippen molar-refractivity contribution in [1.82, 2.24) is 10.2 Å². The fraction of sp³-hybridized carbons (Fsp3) is 0.529. The Kier molecular flexibility index (Phi) is 6.07. The van der Waals surface area contributed by atoms with Crippen LogP contribution in [0.15, 0.2) is 18.2 Å². The quantitative estimate of drug-likeness (QED) is 0.905. The molecule has 1 fully saturated rings. The zero-order chi connectivity index (χ0) is 16.8. The Morgan fingerprint density at radius 3 is 2.57 bits per heavy atom. The van der Waals surface area contributed by atoms with Crippen LogP contribution >= 0.6 is 0 Å². The highest BCUT2D eigenvalue weighted by Gasteiger charge is 2.19. The van der Waals surface area contributed by atoms with Gasteiger partial charge in [-0.25, -0.2) is 8.78 Å². The molecule has 1 aromatic rings. The minimum absolute atomic E-state index is 0.196. The van der Waals surface area contributed by atoms with Gasteiger partial charge in [-0.1, -0.05) is 19.3 Å². The number of nitrogens with zero attached hydrogens (tertiary/aromatic N) is 1. The lowest BCUT2D eigenvalue weighted by Crippen LogP contribution is -2.40. The molecule has 1 saturated carbocycles. The SMILES string of the molecule is CN(CC1CCCCC1)C(=O)CNC(=O)c1ccc(F)cc1F. The van der Waals surface area contributed by atoms with E-state index in [1.807, 2.05) is 0 Å². The Bertz CT molecular complexity index is 572. The maximum absolute atomic E-state index is 13.5. The number of amides is 2. The van der Waals surface area contributed by atoms with Gasteiger partial charge in [-0.3, -0.25) is 9.59 Å². The molecule has 2 amide bonds. The van der Waals surface area contributed by atoms with Gasteiger partial charge in [0.15, 0.2) is 0 Å². The van der Waals surface area contributed by atoms with Crippen molar-refractivity contribution in [2.75, 3.05) is 20.1 Å². The first-order chi connectivity index (χ1) is 11.0. The summed E-state index contributed by atoms with van der Waals surface area (Å²) in [4.78, 5) is 25.5. The van der Waals surface area contributed by atoms with E-state index in [1.165, 1.54) is 19.3 Å². The maximum atomic E-state index is 13.5. The van der Waals surface area contributed by atoms with Crippen LogP contribution in [-0.2, 0) is 4.79 Å². The average Bonchev–Trinajstić information content (AvgIpc) is 2.53. The Hall–Kier alpha value is -1.98. The predicted molar refractivity (Wildman–Crippen MR) is 82.9 cm³/mol. The first-order valence-corrected chi connectivity index (χ1v) is 7.94. The van der Waals surface area contributed by atoms with Gasteiger partial charge in [0.2, 0.25) is 5.91 Å². The number of rotatable bonds is 5. The highest BCUT2D eigenvalue weighted by molar-refractivity contribution is 5.96. The Morgan fingerprint density at radius 2 is 1.91 bits per heavy atom. The van der Waals surface area contributed by atoms with Gasteiger partial charge in [0.1, 0.15) is 11.6 Å². The zero-order valence-corrected chi connectivity index (χ0v) is 13.3. The third-order valence-corrected chi connectivity index (χ3v) is 4.26. The van der Waals surface area contributed by atoms with Gasteiger partial charge in [-0.05, 0) is 30.9 Å². The second-order valence-electron chi connectivity index (χ2n) is 6.09. The summed E-state index contributed by atoms with van der Waals surface area (Å²) in [5, 5.41) is 2.38. The zero-order valence-electron chi connectivity index (χ0n) is 13.3. The summed E-state index contributed by atoms with van der Waals surface area (Å²) < 4.78 is 26.3. The number of halogens is 2. The number of benzene rings is 1. The molecule has 2 rings (SSSR count). The maximum Gasteiger partial charge on any atom is 0.254 e.